The molecule has 1 atom stereocenters. The number of hydrogen-bond donors (Lipinski definition) is 3. The molecule has 2 aliphatic heterocycles. The number of benzene rings is 2. The third kappa shape index (κ3) is 3.62. The van der Waals surface area contributed by atoms with Crippen LogP contribution >= 0.6 is 11.3 Å². The Hall–Kier alpha value is -3.43. The summed E-state index contributed by atoms with van der Waals surface area (Å²) in [5.41, 5.74) is 3.01. The molecule has 158 valence electrons. The molecule has 3 aromatic rings. The summed E-state index contributed by atoms with van der Waals surface area (Å²) in [6.07, 6.45) is -0.00642. The molecule has 3 heterocycles. The van der Waals surface area contributed by atoms with Crippen LogP contribution in [0.1, 0.15) is 38.1 Å². The van der Waals surface area contributed by atoms with Crippen molar-refractivity contribution in [3.8, 4) is 5.75 Å². The fourth-order valence-electron chi connectivity index (χ4n) is 4.24. The topological polar surface area (TPSA) is 108 Å². The lowest BCUT2D eigenvalue weighted by molar-refractivity contribution is -0.385. The zero-order valence-electron chi connectivity index (χ0n) is 16.5. The lowest BCUT2D eigenvalue weighted by atomic mass is 9.99. The van der Waals surface area contributed by atoms with Gasteiger partial charge in [-0.3, -0.25) is 19.8 Å². The molecule has 0 bridgehead atoms. The molecule has 2 aliphatic rings. The van der Waals surface area contributed by atoms with E-state index < -0.39 is 11.1 Å². The number of nitrogens with zero attached hydrogens (tertiary/aromatic N) is 2. The van der Waals surface area contributed by atoms with Crippen LogP contribution in [-0.4, -0.2) is 27.4 Å². The van der Waals surface area contributed by atoms with Gasteiger partial charge >= 0.3 is 0 Å². The van der Waals surface area contributed by atoms with Crippen LogP contribution < -0.4 is 10.6 Å². The highest BCUT2D eigenvalue weighted by molar-refractivity contribution is 7.16. The largest absolute Gasteiger partial charge is 0.508 e. The number of nitro groups is 1. The molecule has 1 amide bonds. The summed E-state index contributed by atoms with van der Waals surface area (Å²) in [5.74, 6) is -0.338. The summed E-state index contributed by atoms with van der Waals surface area (Å²) in [6, 6.07) is 14.1. The van der Waals surface area contributed by atoms with E-state index in [1.54, 1.807) is 0 Å². The van der Waals surface area contributed by atoms with E-state index in [1.807, 2.05) is 18.2 Å². The normalized spacial score (nSPS) is 17.9. The Labute approximate surface area is 182 Å². The number of anilines is 1. The number of nitro benzene ring substituents is 1. The maximum absolute atomic E-state index is 13.0. The van der Waals surface area contributed by atoms with Gasteiger partial charge in [0.25, 0.3) is 11.6 Å². The summed E-state index contributed by atoms with van der Waals surface area (Å²) in [7, 11) is 0. The number of phenols is 1. The number of carbonyl (C=O) groups excluding carboxylic acids is 1. The predicted octanol–water partition coefficient (Wildman–Crippen LogP) is 3.77. The minimum absolute atomic E-state index is 0.0931. The zero-order chi connectivity index (χ0) is 21.5. The molecule has 0 unspecified atom stereocenters. The Bertz CT molecular complexity index is 1180. The van der Waals surface area contributed by atoms with E-state index in [4.69, 9.17) is 0 Å². The van der Waals surface area contributed by atoms with Crippen molar-refractivity contribution in [3.63, 3.8) is 0 Å². The van der Waals surface area contributed by atoms with Gasteiger partial charge in [-0.1, -0.05) is 30.3 Å². The van der Waals surface area contributed by atoms with Crippen molar-refractivity contribution in [2.75, 3.05) is 11.9 Å². The molecule has 8 nitrogen and oxygen atoms in total. The molecule has 1 aromatic heterocycles. The van der Waals surface area contributed by atoms with Crippen molar-refractivity contribution >= 4 is 27.9 Å². The second-order valence-electron chi connectivity index (χ2n) is 7.71. The lowest BCUT2D eigenvalue weighted by Crippen LogP contribution is -2.39. The van der Waals surface area contributed by atoms with E-state index in [2.05, 4.69) is 27.7 Å². The number of aromatic hydroxyl groups is 1. The maximum atomic E-state index is 13.0. The Balaban J connectivity index is 1.42. The Kier molecular flexibility index (Phi) is 4.84. The van der Waals surface area contributed by atoms with Crippen LogP contribution in [0.4, 0.5) is 10.7 Å². The fourth-order valence-corrected chi connectivity index (χ4v) is 5.56. The van der Waals surface area contributed by atoms with E-state index >= 15 is 0 Å². The molecule has 0 aliphatic carbocycles. The molecule has 31 heavy (non-hydrogen) atoms. The van der Waals surface area contributed by atoms with E-state index in [0.717, 1.165) is 41.5 Å². The number of nitrogens with one attached hydrogen (secondary N) is 2. The summed E-state index contributed by atoms with van der Waals surface area (Å²) in [4.78, 5) is 27.4. The quantitative estimate of drug-likeness (QED) is 0.424. The van der Waals surface area contributed by atoms with E-state index in [-0.39, 0.29) is 22.9 Å². The average molecular weight is 436 g/mol. The first-order chi connectivity index (χ1) is 15.0. The van der Waals surface area contributed by atoms with Crippen LogP contribution in [0.2, 0.25) is 0 Å². The van der Waals surface area contributed by atoms with Crippen molar-refractivity contribution in [3.05, 3.63) is 85.8 Å². The third-order valence-corrected chi connectivity index (χ3v) is 6.83. The molecular formula is C22H20N4O4S. The van der Waals surface area contributed by atoms with Crippen molar-refractivity contribution in [2.45, 2.75) is 25.7 Å². The number of amides is 1. The third-order valence-electron chi connectivity index (χ3n) is 5.68. The van der Waals surface area contributed by atoms with Crippen molar-refractivity contribution in [1.82, 2.24) is 10.2 Å². The number of fused-ring (bicyclic) bond motifs is 3. The summed E-state index contributed by atoms with van der Waals surface area (Å²) in [5, 5.41) is 28.0. The molecule has 5 rings (SSSR count). The first-order valence-corrected chi connectivity index (χ1v) is 10.8. The molecule has 0 fully saturated rings. The first kappa shape index (κ1) is 19.5. The highest BCUT2D eigenvalue weighted by Gasteiger charge is 2.35. The molecule has 0 saturated heterocycles. The van der Waals surface area contributed by atoms with Crippen LogP contribution in [0.3, 0.4) is 0 Å². The highest BCUT2D eigenvalue weighted by atomic mass is 32.1. The van der Waals surface area contributed by atoms with Gasteiger partial charge in [0.15, 0.2) is 0 Å². The lowest BCUT2D eigenvalue weighted by Gasteiger charge is -2.28. The van der Waals surface area contributed by atoms with Gasteiger partial charge in [0.1, 0.15) is 16.9 Å². The summed E-state index contributed by atoms with van der Waals surface area (Å²) < 4.78 is 0. The van der Waals surface area contributed by atoms with Crippen LogP contribution in [0.25, 0.3) is 0 Å². The van der Waals surface area contributed by atoms with E-state index in [9.17, 15) is 20.0 Å². The number of carbonyl (C=O) groups is 1. The van der Waals surface area contributed by atoms with Gasteiger partial charge in [-0.25, -0.2) is 0 Å². The van der Waals surface area contributed by atoms with Crippen LogP contribution in [0.5, 0.6) is 5.75 Å². The van der Waals surface area contributed by atoms with Gasteiger partial charge < -0.3 is 15.7 Å². The van der Waals surface area contributed by atoms with Crippen LogP contribution in [0, 0.1) is 10.1 Å². The molecule has 9 heteroatoms. The minimum atomic E-state index is -0.784. The van der Waals surface area contributed by atoms with E-state index in [1.165, 1.54) is 35.1 Å². The molecule has 0 spiro atoms. The van der Waals surface area contributed by atoms with Crippen LogP contribution in [-0.2, 0) is 19.5 Å². The number of hydrogen-bond acceptors (Lipinski definition) is 7. The smallest absolute Gasteiger partial charge is 0.276 e. The maximum Gasteiger partial charge on any atom is 0.276 e. The molecule has 2 aromatic carbocycles. The second-order valence-corrected chi connectivity index (χ2v) is 8.81. The summed E-state index contributed by atoms with van der Waals surface area (Å²) >= 11 is 1.53. The molecule has 0 saturated carbocycles. The van der Waals surface area contributed by atoms with E-state index in [0.29, 0.717) is 5.56 Å². The molecule has 0 radical (unpaired) electrons. The Morgan fingerprint density at radius 3 is 2.77 bits per heavy atom. The zero-order valence-corrected chi connectivity index (χ0v) is 17.3. The van der Waals surface area contributed by atoms with Crippen molar-refractivity contribution < 1.29 is 14.8 Å². The molecular weight excluding hydrogens is 416 g/mol. The molecule has 3 N–H and O–H groups in total. The van der Waals surface area contributed by atoms with Gasteiger partial charge in [-0.2, -0.15) is 0 Å². The monoisotopic (exact) mass is 436 g/mol. The van der Waals surface area contributed by atoms with Crippen molar-refractivity contribution in [1.29, 1.82) is 0 Å². The standard InChI is InChI=1S/C22H20N4O4S/c27-14-6-7-17(26(29)30)16(10-14)20-23-21(28)19-15-8-9-25(11-13-4-2-1-3-5-13)12-18(15)31-22(19)24-20/h1-7,10,20,24,27H,8-9,11-12H2,(H,23,28)/t20-/m1/s1. The minimum Gasteiger partial charge on any atom is -0.508 e. The fraction of sp³-hybridized carbons (Fsp3) is 0.227. The Morgan fingerprint density at radius 1 is 1.19 bits per heavy atom. The van der Waals surface area contributed by atoms with Gasteiger partial charge in [0.2, 0.25) is 0 Å². The Morgan fingerprint density at radius 2 is 2.00 bits per heavy atom. The SMILES string of the molecule is O=C1N[C@@H](c2cc(O)ccc2[N+](=O)[O-])Nc2sc3c(c21)CCN(Cc1ccccc1)C3. The second kappa shape index (κ2) is 7.68. The number of rotatable bonds is 4. The first-order valence-electron chi connectivity index (χ1n) is 9.95. The van der Waals surface area contributed by atoms with Gasteiger partial charge in [-0.15, -0.1) is 11.3 Å². The highest BCUT2D eigenvalue weighted by Crippen LogP contribution is 2.42. The van der Waals surface area contributed by atoms with Crippen molar-refractivity contribution in [2.24, 2.45) is 0 Å². The summed E-state index contributed by atoms with van der Waals surface area (Å²) in [6.45, 7) is 2.47. The predicted molar refractivity (Wildman–Crippen MR) is 117 cm³/mol. The number of phenolic OH excluding ortho intramolecular Hbond substituents is 1. The number of thiophene rings is 1. The van der Waals surface area contributed by atoms with Gasteiger partial charge in [0, 0.05) is 30.6 Å². The van der Waals surface area contributed by atoms with Crippen LogP contribution in [0.15, 0.2) is 48.5 Å². The van der Waals surface area contributed by atoms with Gasteiger partial charge in [-0.05, 0) is 29.7 Å². The average Bonchev–Trinajstić information content (AvgIpc) is 3.12. The van der Waals surface area contributed by atoms with Gasteiger partial charge in [0.05, 0.1) is 16.1 Å².